The van der Waals surface area contributed by atoms with Gasteiger partial charge in [-0.2, -0.15) is 0 Å². The molecular formula is C16H8ClF2N3O3S. The minimum absolute atomic E-state index is 0.00564. The van der Waals surface area contributed by atoms with Crippen LogP contribution in [0.2, 0.25) is 5.02 Å². The molecule has 0 spiro atoms. The summed E-state index contributed by atoms with van der Waals surface area (Å²) < 4.78 is 27.6. The smallest absolute Gasteiger partial charge is 0.270 e. The van der Waals surface area contributed by atoms with Gasteiger partial charge in [-0.25, -0.2) is 13.8 Å². The van der Waals surface area contributed by atoms with Gasteiger partial charge in [0.2, 0.25) is 0 Å². The van der Waals surface area contributed by atoms with Crippen molar-refractivity contribution in [2.45, 2.75) is 0 Å². The number of amides is 1. The molecule has 0 bridgehead atoms. The number of nitrogens with one attached hydrogen (secondary N) is 1. The van der Waals surface area contributed by atoms with Crippen LogP contribution in [-0.4, -0.2) is 15.8 Å². The Bertz CT molecular complexity index is 1010. The largest absolute Gasteiger partial charge is 0.298 e. The van der Waals surface area contributed by atoms with E-state index in [4.69, 9.17) is 11.6 Å². The highest BCUT2D eigenvalue weighted by molar-refractivity contribution is 7.14. The van der Waals surface area contributed by atoms with E-state index in [9.17, 15) is 23.7 Å². The lowest BCUT2D eigenvalue weighted by Crippen LogP contribution is -2.12. The van der Waals surface area contributed by atoms with Crippen LogP contribution in [0.25, 0.3) is 11.3 Å². The van der Waals surface area contributed by atoms with E-state index in [2.05, 4.69) is 10.3 Å². The number of non-ortho nitro benzene ring substituents is 1. The zero-order valence-electron chi connectivity index (χ0n) is 12.7. The maximum atomic E-state index is 13.8. The first-order valence-electron chi connectivity index (χ1n) is 7.02. The Balaban J connectivity index is 1.83. The Hall–Kier alpha value is -2.91. The van der Waals surface area contributed by atoms with E-state index >= 15 is 0 Å². The number of rotatable bonds is 4. The Labute approximate surface area is 154 Å². The number of anilines is 1. The van der Waals surface area contributed by atoms with Crippen LogP contribution in [0.15, 0.2) is 41.8 Å². The molecule has 1 amide bonds. The average Bonchev–Trinajstić information content (AvgIpc) is 3.02. The predicted octanol–water partition coefficient (Wildman–Crippen LogP) is 4.90. The van der Waals surface area contributed by atoms with Gasteiger partial charge in [0.15, 0.2) is 5.13 Å². The van der Waals surface area contributed by atoms with Gasteiger partial charge in [-0.3, -0.25) is 20.2 Å². The van der Waals surface area contributed by atoms with E-state index in [-0.39, 0.29) is 32.7 Å². The first-order valence-corrected chi connectivity index (χ1v) is 8.28. The minimum atomic E-state index is -0.772. The topological polar surface area (TPSA) is 85.1 Å². The van der Waals surface area contributed by atoms with Gasteiger partial charge in [-0.05, 0) is 18.2 Å². The molecule has 0 aliphatic rings. The number of carbonyl (C=O) groups is 1. The summed E-state index contributed by atoms with van der Waals surface area (Å²) in [5.74, 6) is -2.20. The molecule has 0 radical (unpaired) electrons. The Morgan fingerprint density at radius 3 is 2.54 bits per heavy atom. The second-order valence-electron chi connectivity index (χ2n) is 5.01. The lowest BCUT2D eigenvalue weighted by molar-refractivity contribution is -0.384. The van der Waals surface area contributed by atoms with Gasteiger partial charge >= 0.3 is 0 Å². The molecule has 26 heavy (non-hydrogen) atoms. The van der Waals surface area contributed by atoms with Crippen LogP contribution in [0.3, 0.4) is 0 Å². The number of carbonyl (C=O) groups excluding carboxylic acids is 1. The van der Waals surface area contributed by atoms with Crippen LogP contribution in [0.4, 0.5) is 19.6 Å². The molecule has 132 valence electrons. The molecule has 0 unspecified atom stereocenters. The van der Waals surface area contributed by atoms with E-state index in [1.807, 2.05) is 0 Å². The maximum absolute atomic E-state index is 13.8. The number of nitro groups is 1. The number of hydrogen-bond donors (Lipinski definition) is 1. The predicted molar refractivity (Wildman–Crippen MR) is 93.5 cm³/mol. The van der Waals surface area contributed by atoms with Crippen LogP contribution in [0.1, 0.15) is 10.4 Å². The van der Waals surface area contributed by atoms with Crippen molar-refractivity contribution in [3.05, 3.63) is 74.1 Å². The summed E-state index contributed by atoms with van der Waals surface area (Å²) in [7, 11) is 0. The van der Waals surface area contributed by atoms with Crippen molar-refractivity contribution in [2.75, 3.05) is 5.32 Å². The van der Waals surface area contributed by atoms with E-state index < -0.39 is 22.5 Å². The molecular weight excluding hydrogens is 388 g/mol. The van der Waals surface area contributed by atoms with E-state index in [0.717, 1.165) is 35.6 Å². The highest BCUT2D eigenvalue weighted by Gasteiger charge is 2.18. The van der Waals surface area contributed by atoms with E-state index in [1.165, 1.54) is 17.5 Å². The number of thiazole rings is 1. The maximum Gasteiger partial charge on any atom is 0.270 e. The van der Waals surface area contributed by atoms with Gasteiger partial charge < -0.3 is 0 Å². The number of nitro benzene ring substituents is 1. The zero-order valence-corrected chi connectivity index (χ0v) is 14.3. The molecule has 1 heterocycles. The first-order chi connectivity index (χ1) is 12.4. The average molecular weight is 396 g/mol. The van der Waals surface area contributed by atoms with Crippen molar-refractivity contribution < 1.29 is 18.5 Å². The number of halogens is 3. The molecule has 0 aliphatic carbocycles. The standard InChI is InChI=1S/C16H8ClF2N3O3S/c17-10-6-8(22(24)25)4-5-9(10)15(23)21-16-20-13(7-26-16)14-11(18)2-1-3-12(14)19/h1-7H,(H,20,21,23). The van der Waals surface area contributed by atoms with Gasteiger partial charge in [0, 0.05) is 17.5 Å². The highest BCUT2D eigenvalue weighted by Crippen LogP contribution is 2.30. The first kappa shape index (κ1) is 17.9. The monoisotopic (exact) mass is 395 g/mol. The summed E-state index contributed by atoms with van der Waals surface area (Å²) in [5, 5.41) is 14.5. The molecule has 3 rings (SSSR count). The summed E-state index contributed by atoms with van der Waals surface area (Å²) in [5.41, 5.74) is -0.502. The molecule has 1 aromatic heterocycles. The van der Waals surface area contributed by atoms with Gasteiger partial charge in [0.1, 0.15) is 11.6 Å². The number of aromatic nitrogens is 1. The van der Waals surface area contributed by atoms with E-state index in [1.54, 1.807) is 0 Å². The fourth-order valence-corrected chi connectivity index (χ4v) is 3.11. The zero-order chi connectivity index (χ0) is 18.8. The lowest BCUT2D eigenvalue weighted by atomic mass is 10.1. The summed E-state index contributed by atoms with van der Waals surface area (Å²) >= 11 is 6.87. The lowest BCUT2D eigenvalue weighted by Gasteiger charge is -2.04. The number of hydrogen-bond acceptors (Lipinski definition) is 5. The summed E-state index contributed by atoms with van der Waals surface area (Å²) in [4.78, 5) is 26.3. The fourth-order valence-electron chi connectivity index (χ4n) is 2.15. The normalized spacial score (nSPS) is 10.6. The van der Waals surface area contributed by atoms with Crippen LogP contribution in [0, 0.1) is 21.7 Å². The Morgan fingerprint density at radius 2 is 1.92 bits per heavy atom. The fraction of sp³-hybridized carbons (Fsp3) is 0. The van der Waals surface area contributed by atoms with Crippen molar-refractivity contribution in [3.63, 3.8) is 0 Å². The van der Waals surface area contributed by atoms with Gasteiger partial charge in [0.05, 0.1) is 26.8 Å². The van der Waals surface area contributed by atoms with Gasteiger partial charge in [-0.15, -0.1) is 11.3 Å². The molecule has 3 aromatic rings. The molecule has 1 N–H and O–H groups in total. The molecule has 0 saturated heterocycles. The third kappa shape index (κ3) is 3.53. The summed E-state index contributed by atoms with van der Waals surface area (Å²) in [6.07, 6.45) is 0. The van der Waals surface area contributed by atoms with Crippen LogP contribution >= 0.6 is 22.9 Å². The second-order valence-corrected chi connectivity index (χ2v) is 6.28. The van der Waals surface area contributed by atoms with Gasteiger partial charge in [-0.1, -0.05) is 17.7 Å². The number of nitrogens with zero attached hydrogens (tertiary/aromatic N) is 2. The molecule has 10 heteroatoms. The van der Waals surface area contributed by atoms with Crippen LogP contribution in [-0.2, 0) is 0 Å². The number of benzene rings is 2. The molecule has 0 saturated carbocycles. The van der Waals surface area contributed by atoms with Gasteiger partial charge in [0.25, 0.3) is 11.6 Å². The molecule has 2 aromatic carbocycles. The Morgan fingerprint density at radius 1 is 1.23 bits per heavy atom. The highest BCUT2D eigenvalue weighted by atomic mass is 35.5. The quantitative estimate of drug-likeness (QED) is 0.502. The molecule has 6 nitrogen and oxygen atoms in total. The minimum Gasteiger partial charge on any atom is -0.298 e. The molecule has 0 fully saturated rings. The van der Waals surface area contributed by atoms with Crippen molar-refractivity contribution in [1.29, 1.82) is 0 Å². The third-order valence-electron chi connectivity index (χ3n) is 3.35. The SMILES string of the molecule is O=C(Nc1nc(-c2c(F)cccc2F)cs1)c1ccc([N+](=O)[O-])cc1Cl. The third-order valence-corrected chi connectivity index (χ3v) is 4.42. The van der Waals surface area contributed by atoms with Crippen molar-refractivity contribution >= 4 is 39.7 Å². The van der Waals surface area contributed by atoms with E-state index in [0.29, 0.717) is 0 Å². The van der Waals surface area contributed by atoms with Crippen molar-refractivity contribution in [1.82, 2.24) is 4.98 Å². The molecule has 0 atom stereocenters. The van der Waals surface area contributed by atoms with Crippen LogP contribution in [0.5, 0.6) is 0 Å². The Kier molecular flexibility index (Phi) is 4.92. The second kappa shape index (κ2) is 7.14. The molecule has 0 aliphatic heterocycles. The summed E-state index contributed by atoms with van der Waals surface area (Å²) in [6, 6.07) is 6.85. The summed E-state index contributed by atoms with van der Waals surface area (Å²) in [6.45, 7) is 0. The van der Waals surface area contributed by atoms with Crippen molar-refractivity contribution in [2.24, 2.45) is 0 Å². The van der Waals surface area contributed by atoms with Crippen LogP contribution < -0.4 is 5.32 Å². The van der Waals surface area contributed by atoms with Crippen molar-refractivity contribution in [3.8, 4) is 11.3 Å².